The third kappa shape index (κ3) is 4.21. The first-order valence-electron chi connectivity index (χ1n) is 3.93. The number of carbonyl (C=O) groups is 1. The molecule has 0 aliphatic carbocycles. The normalized spacial score (nSPS) is 11.3. The molecule has 13 heavy (non-hydrogen) atoms. The Labute approximate surface area is 78.3 Å². The summed E-state index contributed by atoms with van der Waals surface area (Å²) in [4.78, 5) is 10.4. The molecule has 0 aromatic rings. The molecule has 5 nitrogen and oxygen atoms in total. The van der Waals surface area contributed by atoms with Crippen molar-refractivity contribution < 1.29 is 19.0 Å². The van der Waals surface area contributed by atoms with Crippen molar-refractivity contribution in [2.24, 2.45) is 0 Å². The summed E-state index contributed by atoms with van der Waals surface area (Å²) in [5, 5.41) is 2.64. The highest BCUT2D eigenvalue weighted by Crippen LogP contribution is 2.05. The molecule has 1 N–H and O–H groups in total. The maximum atomic E-state index is 10.4. The molecule has 0 aliphatic heterocycles. The number of hydrogen-bond acceptors (Lipinski definition) is 4. The van der Waals surface area contributed by atoms with E-state index < -0.39 is 5.54 Å². The quantitative estimate of drug-likeness (QED) is 0.521. The van der Waals surface area contributed by atoms with Crippen LogP contribution in [-0.2, 0) is 19.0 Å². The Kier molecular flexibility index (Phi) is 6.48. The first kappa shape index (κ1) is 12.3. The van der Waals surface area contributed by atoms with Gasteiger partial charge in [0.2, 0.25) is 6.41 Å². The van der Waals surface area contributed by atoms with Crippen molar-refractivity contribution in [1.29, 1.82) is 0 Å². The van der Waals surface area contributed by atoms with E-state index in [2.05, 4.69) is 5.32 Å². The second kappa shape index (κ2) is 6.82. The second-order valence-corrected chi connectivity index (χ2v) is 2.84. The van der Waals surface area contributed by atoms with Gasteiger partial charge in [-0.05, 0) is 0 Å². The largest absolute Gasteiger partial charge is 0.382 e. The van der Waals surface area contributed by atoms with Gasteiger partial charge >= 0.3 is 0 Å². The Morgan fingerprint density at radius 3 is 1.69 bits per heavy atom. The fourth-order valence-corrected chi connectivity index (χ4v) is 1.20. The minimum atomic E-state index is -0.583. The van der Waals surface area contributed by atoms with Gasteiger partial charge in [-0.1, -0.05) is 0 Å². The molecule has 0 heterocycles. The zero-order valence-corrected chi connectivity index (χ0v) is 8.33. The third-order valence-electron chi connectivity index (χ3n) is 1.63. The van der Waals surface area contributed by atoms with Crippen LogP contribution in [0.4, 0.5) is 0 Å². The number of hydrogen-bond donors (Lipinski definition) is 1. The molecule has 0 rings (SSSR count). The topological polar surface area (TPSA) is 56.8 Å². The van der Waals surface area contributed by atoms with Gasteiger partial charge in [-0.2, -0.15) is 0 Å². The van der Waals surface area contributed by atoms with Gasteiger partial charge in [0.1, 0.15) is 5.54 Å². The van der Waals surface area contributed by atoms with E-state index in [1.807, 2.05) is 0 Å². The molecule has 0 bridgehead atoms. The van der Waals surface area contributed by atoms with Crippen molar-refractivity contribution in [2.75, 3.05) is 41.2 Å². The van der Waals surface area contributed by atoms with Gasteiger partial charge in [0, 0.05) is 21.3 Å². The van der Waals surface area contributed by atoms with E-state index in [0.29, 0.717) is 26.2 Å². The minimum absolute atomic E-state index is 0.355. The van der Waals surface area contributed by atoms with Gasteiger partial charge in [-0.15, -0.1) is 0 Å². The van der Waals surface area contributed by atoms with E-state index in [-0.39, 0.29) is 0 Å². The van der Waals surface area contributed by atoms with E-state index in [1.165, 1.54) is 0 Å². The van der Waals surface area contributed by atoms with Crippen LogP contribution in [0, 0.1) is 0 Å². The molecular weight excluding hydrogens is 174 g/mol. The van der Waals surface area contributed by atoms with Crippen LogP contribution in [0.25, 0.3) is 0 Å². The highest BCUT2D eigenvalue weighted by Gasteiger charge is 2.29. The predicted octanol–water partition coefficient (Wildman–Crippen LogP) is -0.590. The van der Waals surface area contributed by atoms with Crippen LogP contribution in [0.5, 0.6) is 0 Å². The molecule has 0 saturated carbocycles. The lowest BCUT2D eigenvalue weighted by atomic mass is 10.0. The molecule has 0 unspecified atom stereocenters. The van der Waals surface area contributed by atoms with Crippen LogP contribution in [0.1, 0.15) is 0 Å². The fourth-order valence-electron chi connectivity index (χ4n) is 1.20. The number of methoxy groups -OCH3 is 3. The Morgan fingerprint density at radius 1 is 1.08 bits per heavy atom. The summed E-state index contributed by atoms with van der Waals surface area (Å²) in [6.45, 7) is 1.06. The first-order valence-corrected chi connectivity index (χ1v) is 3.93. The molecule has 0 radical (unpaired) electrons. The van der Waals surface area contributed by atoms with E-state index in [4.69, 9.17) is 14.2 Å². The summed E-state index contributed by atoms with van der Waals surface area (Å²) in [6.07, 6.45) is 0.622. The molecule has 0 aliphatic rings. The maximum absolute atomic E-state index is 10.4. The van der Waals surface area contributed by atoms with E-state index >= 15 is 0 Å². The Hall–Kier alpha value is -0.650. The second-order valence-electron chi connectivity index (χ2n) is 2.84. The fraction of sp³-hybridized carbons (Fsp3) is 0.875. The number of ether oxygens (including phenoxy) is 3. The number of carbonyl (C=O) groups excluding carboxylic acids is 1. The van der Waals surface area contributed by atoms with Gasteiger partial charge in [0.05, 0.1) is 19.8 Å². The zero-order valence-electron chi connectivity index (χ0n) is 8.33. The molecule has 5 heteroatoms. The van der Waals surface area contributed by atoms with E-state index in [0.717, 1.165) is 0 Å². The van der Waals surface area contributed by atoms with E-state index in [9.17, 15) is 4.79 Å². The number of nitrogens with one attached hydrogen (secondary N) is 1. The van der Waals surface area contributed by atoms with E-state index in [1.54, 1.807) is 21.3 Å². The van der Waals surface area contributed by atoms with Crippen LogP contribution in [0.15, 0.2) is 0 Å². The molecular formula is C8H17NO4. The van der Waals surface area contributed by atoms with Crippen LogP contribution >= 0.6 is 0 Å². The first-order chi connectivity index (χ1) is 6.24. The zero-order chi connectivity index (χ0) is 10.2. The molecule has 0 spiro atoms. The van der Waals surface area contributed by atoms with Crippen molar-refractivity contribution >= 4 is 6.41 Å². The summed E-state index contributed by atoms with van der Waals surface area (Å²) in [7, 11) is 4.69. The molecule has 0 aromatic heterocycles. The monoisotopic (exact) mass is 191 g/mol. The molecule has 0 atom stereocenters. The molecule has 0 aromatic carbocycles. The summed E-state index contributed by atoms with van der Waals surface area (Å²) in [5.74, 6) is 0. The number of rotatable bonds is 8. The van der Waals surface area contributed by atoms with Crippen LogP contribution < -0.4 is 5.32 Å². The minimum Gasteiger partial charge on any atom is -0.382 e. The SMILES string of the molecule is COCC(COC)(COC)NC=O. The van der Waals surface area contributed by atoms with Gasteiger partial charge in [0.25, 0.3) is 0 Å². The molecule has 78 valence electrons. The van der Waals surface area contributed by atoms with Crippen LogP contribution in [-0.4, -0.2) is 53.1 Å². The van der Waals surface area contributed by atoms with Crippen molar-refractivity contribution in [1.82, 2.24) is 5.32 Å². The standard InChI is InChI=1S/C8H17NO4/c1-11-4-8(5-12-2,6-13-3)9-7-10/h7H,4-6H2,1-3H3,(H,9,10). The average Bonchev–Trinajstić information content (AvgIpc) is 2.06. The Balaban J connectivity index is 4.27. The van der Waals surface area contributed by atoms with Gasteiger partial charge < -0.3 is 19.5 Å². The summed E-state index contributed by atoms with van der Waals surface area (Å²) in [5.41, 5.74) is -0.583. The summed E-state index contributed by atoms with van der Waals surface area (Å²) < 4.78 is 15.0. The molecule has 0 saturated heterocycles. The maximum Gasteiger partial charge on any atom is 0.207 e. The van der Waals surface area contributed by atoms with Gasteiger partial charge in [0.15, 0.2) is 0 Å². The van der Waals surface area contributed by atoms with Crippen LogP contribution in [0.2, 0.25) is 0 Å². The highest BCUT2D eigenvalue weighted by molar-refractivity contribution is 5.48. The summed E-state index contributed by atoms with van der Waals surface area (Å²) in [6, 6.07) is 0. The van der Waals surface area contributed by atoms with Crippen LogP contribution in [0.3, 0.4) is 0 Å². The smallest absolute Gasteiger partial charge is 0.207 e. The van der Waals surface area contributed by atoms with Crippen molar-refractivity contribution in [2.45, 2.75) is 5.54 Å². The lowest BCUT2D eigenvalue weighted by Gasteiger charge is -2.30. The average molecular weight is 191 g/mol. The van der Waals surface area contributed by atoms with Crippen molar-refractivity contribution in [3.63, 3.8) is 0 Å². The van der Waals surface area contributed by atoms with Crippen molar-refractivity contribution in [3.8, 4) is 0 Å². The highest BCUT2D eigenvalue weighted by atomic mass is 16.5. The van der Waals surface area contributed by atoms with Crippen molar-refractivity contribution in [3.05, 3.63) is 0 Å². The molecule has 0 fully saturated rings. The lowest BCUT2D eigenvalue weighted by molar-refractivity contribution is -0.114. The van der Waals surface area contributed by atoms with Gasteiger partial charge in [-0.3, -0.25) is 4.79 Å². The predicted molar refractivity (Wildman–Crippen MR) is 47.6 cm³/mol. The Morgan fingerprint density at radius 2 is 1.46 bits per heavy atom. The lowest BCUT2D eigenvalue weighted by Crippen LogP contribution is -2.55. The third-order valence-corrected chi connectivity index (χ3v) is 1.63. The molecule has 1 amide bonds. The van der Waals surface area contributed by atoms with Gasteiger partial charge in [-0.25, -0.2) is 0 Å². The summed E-state index contributed by atoms with van der Waals surface area (Å²) >= 11 is 0. The Bertz CT molecular complexity index is 123. The number of amides is 1.